The monoisotopic (exact) mass is 335 g/mol. The van der Waals surface area contributed by atoms with E-state index in [1.165, 1.54) is 11.3 Å². The molecule has 1 amide bonds. The number of alkyl halides is 1. The summed E-state index contributed by atoms with van der Waals surface area (Å²) in [6.45, 7) is 3.89. The Balaban J connectivity index is 1.95. The molecule has 1 aliphatic heterocycles. The van der Waals surface area contributed by atoms with Crippen LogP contribution in [-0.2, 0) is 0 Å². The normalized spacial score (nSPS) is 19.4. The molecule has 94 valence electrons. The molecule has 1 unspecified atom stereocenters. The van der Waals surface area contributed by atoms with Crippen molar-refractivity contribution in [3.63, 3.8) is 0 Å². The predicted octanol–water partition coefficient (Wildman–Crippen LogP) is 4.04. The van der Waals surface area contributed by atoms with E-state index in [0.29, 0.717) is 15.1 Å². The summed E-state index contributed by atoms with van der Waals surface area (Å²) in [5, 5.41) is 0. The third kappa shape index (κ3) is 3.24. The smallest absolute Gasteiger partial charge is 0.263 e. The van der Waals surface area contributed by atoms with Crippen LogP contribution in [0.2, 0.25) is 4.34 Å². The van der Waals surface area contributed by atoms with Gasteiger partial charge in [-0.3, -0.25) is 4.79 Å². The fraction of sp³-hybridized carbons (Fsp3) is 0.583. The number of rotatable bonds is 2. The van der Waals surface area contributed by atoms with Gasteiger partial charge in [0, 0.05) is 17.9 Å². The third-order valence-electron chi connectivity index (χ3n) is 3.26. The Kier molecular flexibility index (Phi) is 4.50. The fourth-order valence-electron chi connectivity index (χ4n) is 2.15. The summed E-state index contributed by atoms with van der Waals surface area (Å²) in [6.07, 6.45) is 2.16. The van der Waals surface area contributed by atoms with Crippen LogP contribution in [0.1, 0.15) is 29.4 Å². The lowest BCUT2D eigenvalue weighted by Crippen LogP contribution is -2.39. The van der Waals surface area contributed by atoms with Gasteiger partial charge < -0.3 is 4.90 Å². The molecule has 5 heteroatoms. The highest BCUT2D eigenvalue weighted by Gasteiger charge is 2.26. The molecule has 0 aliphatic carbocycles. The zero-order valence-electron chi connectivity index (χ0n) is 9.66. The fourth-order valence-corrected chi connectivity index (χ4v) is 3.69. The first-order valence-corrected chi connectivity index (χ1v) is 7.87. The number of thiophene rings is 1. The topological polar surface area (TPSA) is 20.3 Å². The molecular formula is C12H15BrClNOS. The number of likely N-dealkylation sites (tertiary alicyclic amines) is 1. The van der Waals surface area contributed by atoms with E-state index in [2.05, 4.69) is 22.9 Å². The van der Waals surface area contributed by atoms with Gasteiger partial charge in [-0.15, -0.1) is 11.3 Å². The van der Waals surface area contributed by atoms with Gasteiger partial charge in [0.05, 0.1) is 9.21 Å². The lowest BCUT2D eigenvalue weighted by molar-refractivity contribution is 0.0696. The van der Waals surface area contributed by atoms with Crippen molar-refractivity contribution in [2.45, 2.75) is 24.6 Å². The number of carbonyl (C=O) groups is 1. The lowest BCUT2D eigenvalue weighted by Gasteiger charge is -2.33. The van der Waals surface area contributed by atoms with Gasteiger partial charge in [0.1, 0.15) is 0 Å². The molecule has 0 aromatic carbocycles. The Bertz CT molecular complexity index is 399. The van der Waals surface area contributed by atoms with E-state index < -0.39 is 0 Å². The Morgan fingerprint density at radius 1 is 1.53 bits per heavy atom. The molecule has 0 bridgehead atoms. The molecule has 1 aliphatic rings. The zero-order chi connectivity index (χ0) is 12.4. The van der Waals surface area contributed by atoms with Gasteiger partial charge in [0.2, 0.25) is 0 Å². The van der Waals surface area contributed by atoms with Crippen molar-refractivity contribution in [1.82, 2.24) is 4.90 Å². The van der Waals surface area contributed by atoms with Crippen LogP contribution in [-0.4, -0.2) is 28.7 Å². The van der Waals surface area contributed by atoms with Crippen molar-refractivity contribution < 1.29 is 4.79 Å². The lowest BCUT2D eigenvalue weighted by atomic mass is 9.94. The first kappa shape index (κ1) is 13.4. The minimum absolute atomic E-state index is 0.127. The molecule has 1 atom stereocenters. The Morgan fingerprint density at radius 2 is 2.18 bits per heavy atom. The molecule has 1 aromatic heterocycles. The van der Waals surface area contributed by atoms with Crippen molar-refractivity contribution in [2.75, 3.05) is 13.1 Å². The van der Waals surface area contributed by atoms with Gasteiger partial charge in [-0.1, -0.05) is 34.5 Å². The van der Waals surface area contributed by atoms with Gasteiger partial charge in [0.25, 0.3) is 5.91 Å². The summed E-state index contributed by atoms with van der Waals surface area (Å²) in [5.41, 5.74) is 0. The minimum Gasteiger partial charge on any atom is -0.338 e. The maximum absolute atomic E-state index is 12.2. The summed E-state index contributed by atoms with van der Waals surface area (Å²) in [6, 6.07) is 3.60. The second-order valence-corrected chi connectivity index (χ2v) is 7.57. The quantitative estimate of drug-likeness (QED) is 0.747. The summed E-state index contributed by atoms with van der Waals surface area (Å²) >= 11 is 10.8. The summed E-state index contributed by atoms with van der Waals surface area (Å²) in [7, 11) is 0. The van der Waals surface area contributed by atoms with Crippen LogP contribution in [0.25, 0.3) is 0 Å². The van der Waals surface area contributed by atoms with Crippen LogP contribution < -0.4 is 0 Å². The Morgan fingerprint density at radius 3 is 2.65 bits per heavy atom. The molecular weight excluding hydrogens is 322 g/mol. The van der Waals surface area contributed by atoms with Gasteiger partial charge in [-0.05, 0) is 30.9 Å². The SMILES string of the molecule is CC(Br)C1CCN(C(=O)c2ccc(Cl)s2)CC1. The number of piperidine rings is 1. The second kappa shape index (κ2) is 5.72. The summed E-state index contributed by atoms with van der Waals surface area (Å²) in [5.74, 6) is 0.813. The van der Waals surface area contributed by atoms with E-state index in [4.69, 9.17) is 11.6 Å². The molecule has 17 heavy (non-hydrogen) atoms. The van der Waals surface area contributed by atoms with Gasteiger partial charge >= 0.3 is 0 Å². The van der Waals surface area contributed by atoms with Gasteiger partial charge in [-0.2, -0.15) is 0 Å². The molecule has 0 saturated carbocycles. The number of carbonyl (C=O) groups excluding carboxylic acids is 1. The molecule has 2 rings (SSSR count). The number of nitrogens with zero attached hydrogens (tertiary/aromatic N) is 1. The number of hydrogen-bond acceptors (Lipinski definition) is 2. The van der Waals surface area contributed by atoms with E-state index in [-0.39, 0.29) is 5.91 Å². The average Bonchev–Trinajstić information content (AvgIpc) is 2.75. The number of hydrogen-bond donors (Lipinski definition) is 0. The molecule has 1 aromatic rings. The van der Waals surface area contributed by atoms with E-state index in [1.807, 2.05) is 11.0 Å². The van der Waals surface area contributed by atoms with Gasteiger partial charge in [-0.25, -0.2) is 0 Å². The molecule has 1 fully saturated rings. The maximum atomic E-state index is 12.2. The predicted molar refractivity (Wildman–Crippen MR) is 76.3 cm³/mol. The molecule has 0 N–H and O–H groups in total. The van der Waals surface area contributed by atoms with Crippen molar-refractivity contribution in [1.29, 1.82) is 0 Å². The van der Waals surface area contributed by atoms with Crippen LogP contribution in [0.15, 0.2) is 12.1 Å². The molecule has 1 saturated heterocycles. The highest BCUT2D eigenvalue weighted by molar-refractivity contribution is 9.09. The second-order valence-electron chi connectivity index (χ2n) is 4.41. The standard InChI is InChI=1S/C12H15BrClNOS/c1-8(13)9-4-6-15(7-5-9)12(16)10-2-3-11(14)17-10/h2-3,8-9H,4-7H2,1H3. The zero-order valence-corrected chi connectivity index (χ0v) is 12.8. The molecule has 0 radical (unpaired) electrons. The summed E-state index contributed by atoms with van der Waals surface area (Å²) < 4.78 is 0.678. The van der Waals surface area contributed by atoms with Crippen molar-refractivity contribution in [2.24, 2.45) is 5.92 Å². The van der Waals surface area contributed by atoms with E-state index in [9.17, 15) is 4.79 Å². The highest BCUT2D eigenvalue weighted by Crippen LogP contribution is 2.28. The Labute approximate surface area is 119 Å². The molecule has 2 nitrogen and oxygen atoms in total. The number of amides is 1. The highest BCUT2D eigenvalue weighted by atomic mass is 79.9. The van der Waals surface area contributed by atoms with Crippen molar-refractivity contribution >= 4 is 44.8 Å². The first-order valence-electron chi connectivity index (χ1n) is 5.76. The van der Waals surface area contributed by atoms with Crippen molar-refractivity contribution in [3.05, 3.63) is 21.3 Å². The first-order chi connectivity index (χ1) is 8.08. The molecule has 2 heterocycles. The number of halogens is 2. The van der Waals surface area contributed by atoms with Crippen molar-refractivity contribution in [3.8, 4) is 0 Å². The average molecular weight is 337 g/mol. The van der Waals surface area contributed by atoms with Crippen LogP contribution in [0, 0.1) is 5.92 Å². The van der Waals surface area contributed by atoms with Crippen LogP contribution in [0.4, 0.5) is 0 Å². The van der Waals surface area contributed by atoms with Crippen LogP contribution >= 0.6 is 38.9 Å². The van der Waals surface area contributed by atoms with E-state index >= 15 is 0 Å². The summed E-state index contributed by atoms with van der Waals surface area (Å²) in [4.78, 5) is 15.4. The van der Waals surface area contributed by atoms with Gasteiger partial charge in [0.15, 0.2) is 0 Å². The van der Waals surface area contributed by atoms with Crippen LogP contribution in [0.5, 0.6) is 0 Å². The van der Waals surface area contributed by atoms with Crippen LogP contribution in [0.3, 0.4) is 0 Å². The van der Waals surface area contributed by atoms with E-state index in [0.717, 1.165) is 30.8 Å². The third-order valence-corrected chi connectivity index (χ3v) is 5.23. The largest absolute Gasteiger partial charge is 0.338 e. The maximum Gasteiger partial charge on any atom is 0.263 e. The Hall–Kier alpha value is -0.0600. The molecule has 0 spiro atoms. The van der Waals surface area contributed by atoms with E-state index in [1.54, 1.807) is 6.07 Å². The minimum atomic E-state index is 0.127.